The van der Waals surface area contributed by atoms with E-state index in [1.807, 2.05) is 36.4 Å². The molecule has 6 heteroatoms. The zero-order valence-corrected chi connectivity index (χ0v) is 28.5. The molecule has 6 aromatic rings. The maximum Gasteiger partial charge on any atom is 0.119 e. The van der Waals surface area contributed by atoms with Gasteiger partial charge in [-0.15, -0.1) is 0 Å². The van der Waals surface area contributed by atoms with E-state index in [2.05, 4.69) is 143 Å². The topological polar surface area (TPSA) is 49.7 Å². The Bertz CT molecular complexity index is 1950. The molecule has 0 N–H and O–H groups in total. The molecule has 2 heterocycles. The molecule has 2 aliphatic heterocycles. The van der Waals surface area contributed by atoms with Crippen molar-refractivity contribution in [3.05, 3.63) is 192 Å². The van der Waals surface area contributed by atoms with E-state index in [0.29, 0.717) is 13.2 Å². The minimum Gasteiger partial charge on any atom is -0.493 e. The Morgan fingerprint density at radius 2 is 0.843 bits per heavy atom. The van der Waals surface area contributed by atoms with Crippen molar-refractivity contribution in [1.29, 1.82) is 0 Å². The Hall–Kier alpha value is -6.14. The van der Waals surface area contributed by atoms with Crippen LogP contribution >= 0.6 is 0 Å². The first-order valence-corrected chi connectivity index (χ1v) is 17.7. The Balaban J connectivity index is 0.895. The van der Waals surface area contributed by atoms with Crippen LogP contribution in [0.5, 0.6) is 11.5 Å². The largest absolute Gasteiger partial charge is 0.493 e. The highest BCUT2D eigenvalue weighted by atomic mass is 16.5. The number of benzene rings is 6. The fourth-order valence-corrected chi connectivity index (χ4v) is 6.85. The summed E-state index contributed by atoms with van der Waals surface area (Å²) in [7, 11) is 0. The van der Waals surface area contributed by atoms with Gasteiger partial charge in [0.05, 0.1) is 48.1 Å². The molecule has 0 saturated carbocycles. The minimum atomic E-state index is 0.0774. The number of hydrogen-bond donors (Lipinski definition) is 0. The molecule has 0 saturated heterocycles. The number of para-hydroxylation sites is 2. The Morgan fingerprint density at radius 3 is 1.25 bits per heavy atom. The maximum atomic E-state index is 6.26. The summed E-state index contributed by atoms with van der Waals surface area (Å²) < 4.78 is 12.5. The molecule has 0 radical (unpaired) electrons. The first-order valence-electron chi connectivity index (χ1n) is 17.7. The molecule has 0 bridgehead atoms. The van der Waals surface area contributed by atoms with Gasteiger partial charge in [0.1, 0.15) is 11.5 Å². The van der Waals surface area contributed by atoms with Gasteiger partial charge in [-0.3, -0.25) is 10.0 Å². The highest BCUT2D eigenvalue weighted by molar-refractivity contribution is 6.04. The van der Waals surface area contributed by atoms with Gasteiger partial charge >= 0.3 is 0 Å². The van der Waals surface area contributed by atoms with Gasteiger partial charge < -0.3 is 9.47 Å². The van der Waals surface area contributed by atoms with Crippen LogP contribution in [0.15, 0.2) is 180 Å². The van der Waals surface area contributed by atoms with Gasteiger partial charge in [-0.1, -0.05) is 121 Å². The van der Waals surface area contributed by atoms with Gasteiger partial charge in [-0.05, 0) is 70.8 Å². The molecule has 0 unspecified atom stereocenters. The standard InChI is InChI=1S/C45H40N4O2/c1-5-16-34(17-6-1)42-32-44(48(46-42)38-22-9-3-10-23-38)36-20-13-26-40(30-36)50-28-15-29-51-41-27-14-21-37(31-41)45-33-43(35-18-7-2-8-19-35)47-49(45)39-24-11-4-12-25-39/h1-14,16-27,30-31,44-45H,15,28-29,32-33H2/t44-,45+. The molecule has 0 fully saturated rings. The van der Waals surface area contributed by atoms with E-state index in [4.69, 9.17) is 19.7 Å². The average molecular weight is 669 g/mol. The van der Waals surface area contributed by atoms with Crippen LogP contribution in [0, 0.1) is 0 Å². The molecular formula is C45H40N4O2. The molecule has 6 nitrogen and oxygen atoms in total. The lowest BCUT2D eigenvalue weighted by molar-refractivity contribution is 0.247. The van der Waals surface area contributed by atoms with E-state index >= 15 is 0 Å². The van der Waals surface area contributed by atoms with Crippen molar-refractivity contribution in [3.8, 4) is 11.5 Å². The summed E-state index contributed by atoms with van der Waals surface area (Å²) in [5.41, 5.74) is 8.98. The molecule has 8 rings (SSSR count). The Labute approximate surface area is 299 Å². The van der Waals surface area contributed by atoms with Crippen LogP contribution < -0.4 is 19.5 Å². The highest BCUT2D eigenvalue weighted by Crippen LogP contribution is 2.39. The fourth-order valence-electron chi connectivity index (χ4n) is 6.85. The van der Waals surface area contributed by atoms with Gasteiger partial charge in [0.25, 0.3) is 0 Å². The molecule has 2 atom stereocenters. The summed E-state index contributed by atoms with van der Waals surface area (Å²) in [4.78, 5) is 0. The Morgan fingerprint density at radius 1 is 0.451 bits per heavy atom. The smallest absolute Gasteiger partial charge is 0.119 e. The van der Waals surface area contributed by atoms with Gasteiger partial charge in [0.2, 0.25) is 0 Å². The van der Waals surface area contributed by atoms with E-state index in [1.165, 1.54) is 11.1 Å². The molecule has 0 aromatic heterocycles. The third-order valence-corrected chi connectivity index (χ3v) is 9.39. The van der Waals surface area contributed by atoms with E-state index in [0.717, 1.165) is 64.7 Å². The second-order valence-electron chi connectivity index (χ2n) is 12.8. The lowest BCUT2D eigenvalue weighted by Gasteiger charge is -2.24. The van der Waals surface area contributed by atoms with Crippen molar-refractivity contribution in [2.75, 3.05) is 23.2 Å². The highest BCUT2D eigenvalue weighted by Gasteiger charge is 2.31. The summed E-state index contributed by atoms with van der Waals surface area (Å²) in [6.07, 6.45) is 2.40. The fraction of sp³-hybridized carbons (Fsp3) is 0.156. The monoisotopic (exact) mass is 668 g/mol. The van der Waals surface area contributed by atoms with Crippen LogP contribution in [-0.4, -0.2) is 24.6 Å². The van der Waals surface area contributed by atoms with Crippen molar-refractivity contribution < 1.29 is 9.47 Å². The molecule has 2 aliphatic rings. The van der Waals surface area contributed by atoms with Crippen LogP contribution in [0.4, 0.5) is 11.4 Å². The van der Waals surface area contributed by atoms with Gasteiger partial charge in [0, 0.05) is 19.3 Å². The number of rotatable bonds is 12. The normalized spacial score (nSPS) is 16.9. The lowest BCUT2D eigenvalue weighted by atomic mass is 9.98. The molecule has 0 aliphatic carbocycles. The number of nitrogens with zero attached hydrogens (tertiary/aromatic N) is 4. The summed E-state index contributed by atoms with van der Waals surface area (Å²) >= 11 is 0. The first kappa shape index (κ1) is 32.1. The van der Waals surface area contributed by atoms with Crippen molar-refractivity contribution in [3.63, 3.8) is 0 Å². The summed E-state index contributed by atoms with van der Waals surface area (Å²) in [5, 5.41) is 14.4. The first-order chi connectivity index (χ1) is 25.3. The molecule has 0 amide bonds. The molecule has 0 spiro atoms. The third-order valence-electron chi connectivity index (χ3n) is 9.39. The van der Waals surface area contributed by atoms with Gasteiger partial charge in [0.15, 0.2) is 0 Å². The summed E-state index contributed by atoms with van der Waals surface area (Å²) in [6, 6.07) is 58.7. The molecule has 51 heavy (non-hydrogen) atoms. The molecular weight excluding hydrogens is 629 g/mol. The molecule has 6 aromatic carbocycles. The van der Waals surface area contributed by atoms with E-state index in [-0.39, 0.29) is 12.1 Å². The number of ether oxygens (including phenoxy) is 2. The zero-order valence-electron chi connectivity index (χ0n) is 28.5. The second-order valence-corrected chi connectivity index (χ2v) is 12.8. The Kier molecular flexibility index (Phi) is 9.55. The predicted octanol–water partition coefficient (Wildman–Crippen LogP) is 10.2. The number of anilines is 2. The summed E-state index contributed by atoms with van der Waals surface area (Å²) in [5.74, 6) is 1.71. The van der Waals surface area contributed by atoms with Crippen molar-refractivity contribution >= 4 is 22.8 Å². The number of hydrazone groups is 2. The predicted molar refractivity (Wildman–Crippen MR) is 207 cm³/mol. The summed E-state index contributed by atoms with van der Waals surface area (Å²) in [6.45, 7) is 1.11. The quantitative estimate of drug-likeness (QED) is 0.122. The number of hydrogen-bond acceptors (Lipinski definition) is 6. The zero-order chi connectivity index (χ0) is 34.2. The van der Waals surface area contributed by atoms with Crippen molar-refractivity contribution in [1.82, 2.24) is 0 Å². The lowest BCUT2D eigenvalue weighted by Crippen LogP contribution is -2.18. The third kappa shape index (κ3) is 7.41. The average Bonchev–Trinajstić information content (AvgIpc) is 3.86. The van der Waals surface area contributed by atoms with Gasteiger partial charge in [-0.25, -0.2) is 0 Å². The van der Waals surface area contributed by atoms with Crippen LogP contribution in [0.3, 0.4) is 0 Å². The van der Waals surface area contributed by atoms with Crippen molar-refractivity contribution in [2.24, 2.45) is 10.2 Å². The van der Waals surface area contributed by atoms with E-state index in [9.17, 15) is 0 Å². The van der Waals surface area contributed by atoms with Crippen molar-refractivity contribution in [2.45, 2.75) is 31.3 Å². The van der Waals surface area contributed by atoms with E-state index < -0.39 is 0 Å². The maximum absolute atomic E-state index is 6.26. The SMILES string of the molecule is c1ccc(C2=NN(c3ccccc3)[C@@H](c3cccc(OCCCOc4cccc([C@@H]5CC(c6ccccc6)=NN5c5ccccc5)c4)c3)C2)cc1. The van der Waals surface area contributed by atoms with Crippen LogP contribution in [-0.2, 0) is 0 Å². The van der Waals surface area contributed by atoms with E-state index in [1.54, 1.807) is 0 Å². The van der Waals surface area contributed by atoms with Crippen LogP contribution in [0.1, 0.15) is 53.6 Å². The molecule has 252 valence electrons. The minimum absolute atomic E-state index is 0.0774. The second kappa shape index (κ2) is 15.2. The van der Waals surface area contributed by atoms with Gasteiger partial charge in [-0.2, -0.15) is 10.2 Å². The van der Waals surface area contributed by atoms with Crippen LogP contribution in [0.2, 0.25) is 0 Å². The van der Waals surface area contributed by atoms with Crippen LogP contribution in [0.25, 0.3) is 0 Å².